The van der Waals surface area contributed by atoms with Crippen molar-refractivity contribution in [3.05, 3.63) is 72.3 Å². The Bertz CT molecular complexity index is 2180. The zero-order valence-electron chi connectivity index (χ0n) is 23.6. The minimum Gasteiger partial charge on any atom is -0.336 e. The molecular weight excluding hydrogens is 592 g/mol. The summed E-state index contributed by atoms with van der Waals surface area (Å²) in [5.41, 5.74) is 3.26. The summed E-state index contributed by atoms with van der Waals surface area (Å²) in [5, 5.41) is 9.95. The quantitative estimate of drug-likeness (QED) is 0.193. The van der Waals surface area contributed by atoms with E-state index in [4.69, 9.17) is 0 Å². The number of benzene rings is 1. The third-order valence-corrected chi connectivity index (χ3v) is 7.41. The number of anilines is 1. The number of carbonyl (C=O) groups is 1. The van der Waals surface area contributed by atoms with Gasteiger partial charge < -0.3 is 10.3 Å². The van der Waals surface area contributed by atoms with Crippen molar-refractivity contribution in [2.24, 2.45) is 5.92 Å². The molecule has 5 heterocycles. The number of aromatic nitrogens is 7. The van der Waals surface area contributed by atoms with Crippen LogP contribution in [0.15, 0.2) is 55.1 Å². The fourth-order valence-corrected chi connectivity index (χ4v) is 5.06. The van der Waals surface area contributed by atoms with Crippen LogP contribution in [0.2, 0.25) is 0 Å². The molecule has 1 amide bonds. The summed E-state index contributed by atoms with van der Waals surface area (Å²) in [6.07, 6.45) is 6.89. The first-order chi connectivity index (χ1) is 21.0. The Morgan fingerprint density at radius 1 is 0.977 bits per heavy atom. The first-order valence-electron chi connectivity index (χ1n) is 13.4. The van der Waals surface area contributed by atoms with Crippen LogP contribution in [0.1, 0.15) is 19.4 Å². The van der Waals surface area contributed by atoms with Gasteiger partial charge in [-0.2, -0.15) is 5.10 Å². The van der Waals surface area contributed by atoms with Crippen molar-refractivity contribution < 1.29 is 22.0 Å². The highest BCUT2D eigenvalue weighted by molar-refractivity contribution is 7.88. The number of hydrogen-bond acceptors (Lipinski definition) is 8. The lowest BCUT2D eigenvalue weighted by Gasteiger charge is -2.09. The molecule has 5 aromatic heterocycles. The second-order valence-electron chi connectivity index (χ2n) is 10.5. The van der Waals surface area contributed by atoms with E-state index in [0.717, 1.165) is 6.26 Å². The Morgan fingerprint density at radius 2 is 1.80 bits per heavy atom. The molecule has 1 aromatic carbocycles. The summed E-state index contributed by atoms with van der Waals surface area (Å²) < 4.78 is 56.1. The van der Waals surface area contributed by atoms with Crippen molar-refractivity contribution >= 4 is 43.6 Å². The minimum atomic E-state index is -3.49. The van der Waals surface area contributed by atoms with Crippen LogP contribution in [0.3, 0.4) is 0 Å². The number of hydrogen-bond donors (Lipinski definition) is 4. The number of imidazole rings is 1. The molecule has 224 valence electrons. The van der Waals surface area contributed by atoms with E-state index in [1.807, 2.05) is 0 Å². The third kappa shape index (κ3) is 5.74. The van der Waals surface area contributed by atoms with Crippen molar-refractivity contribution in [1.82, 2.24) is 39.8 Å². The fraction of sp³-hybridized carbons (Fsp3) is 0.172. The molecule has 0 bridgehead atoms. The van der Waals surface area contributed by atoms with Gasteiger partial charge in [-0.1, -0.05) is 13.8 Å². The van der Waals surface area contributed by atoms with Crippen molar-refractivity contribution in [3.8, 4) is 34.0 Å². The van der Waals surface area contributed by atoms with Crippen LogP contribution in [0.5, 0.6) is 0 Å². The van der Waals surface area contributed by atoms with Gasteiger partial charge in [0.2, 0.25) is 15.9 Å². The lowest BCUT2D eigenvalue weighted by Crippen LogP contribution is -2.21. The zero-order valence-corrected chi connectivity index (χ0v) is 24.4. The molecule has 0 fully saturated rings. The average Bonchev–Trinajstić information content (AvgIpc) is 3.60. The number of pyridine rings is 3. The normalized spacial score (nSPS) is 12.0. The van der Waals surface area contributed by atoms with Crippen molar-refractivity contribution in [2.75, 3.05) is 11.6 Å². The van der Waals surface area contributed by atoms with Crippen LogP contribution < -0.4 is 10.0 Å². The van der Waals surface area contributed by atoms with E-state index in [1.54, 1.807) is 32.0 Å². The van der Waals surface area contributed by atoms with Crippen LogP contribution in [0.25, 0.3) is 56.0 Å². The van der Waals surface area contributed by atoms with E-state index in [9.17, 15) is 17.6 Å². The molecule has 0 saturated heterocycles. The van der Waals surface area contributed by atoms with Gasteiger partial charge in [0.05, 0.1) is 46.5 Å². The highest BCUT2D eigenvalue weighted by Gasteiger charge is 2.22. The Labute approximate surface area is 249 Å². The molecule has 0 aliphatic heterocycles. The number of H-pyrrole nitrogens is 2. The number of nitrogens with zero attached hydrogens (tertiary/aromatic N) is 5. The highest BCUT2D eigenvalue weighted by Crippen LogP contribution is 2.34. The van der Waals surface area contributed by atoms with Gasteiger partial charge in [-0.05, 0) is 35.9 Å². The fourth-order valence-electron chi connectivity index (χ4n) is 4.63. The van der Waals surface area contributed by atoms with Crippen LogP contribution in [-0.4, -0.2) is 55.7 Å². The number of halogens is 2. The van der Waals surface area contributed by atoms with Crippen LogP contribution in [0, 0.1) is 17.6 Å². The molecule has 44 heavy (non-hydrogen) atoms. The smallest absolute Gasteiger partial charge is 0.226 e. The largest absolute Gasteiger partial charge is 0.336 e. The van der Waals surface area contributed by atoms with Gasteiger partial charge in [0.1, 0.15) is 22.7 Å². The molecule has 12 nitrogen and oxygen atoms in total. The Hall–Kier alpha value is -5.15. The molecule has 0 aliphatic rings. The molecular formula is C29H25F2N9O3S. The van der Waals surface area contributed by atoms with Crippen LogP contribution in [-0.2, 0) is 21.4 Å². The van der Waals surface area contributed by atoms with Crippen LogP contribution in [0.4, 0.5) is 14.5 Å². The summed E-state index contributed by atoms with van der Waals surface area (Å²) in [6.45, 7) is 3.41. The van der Waals surface area contributed by atoms with E-state index < -0.39 is 21.7 Å². The predicted octanol–water partition coefficient (Wildman–Crippen LogP) is 4.55. The van der Waals surface area contributed by atoms with Gasteiger partial charge in [-0.25, -0.2) is 26.9 Å². The Balaban J connectivity index is 1.41. The summed E-state index contributed by atoms with van der Waals surface area (Å²) in [5.74, 6) is -1.48. The first kappa shape index (κ1) is 28.9. The third-order valence-electron chi connectivity index (χ3n) is 6.74. The number of nitrogens with one attached hydrogen (secondary N) is 4. The number of fused-ring (bicyclic) bond motifs is 2. The number of aromatic amines is 2. The first-order valence-corrected chi connectivity index (χ1v) is 15.2. The lowest BCUT2D eigenvalue weighted by atomic mass is 10.1. The minimum absolute atomic E-state index is 0.00163. The average molecular weight is 618 g/mol. The van der Waals surface area contributed by atoms with Crippen LogP contribution >= 0.6 is 0 Å². The number of amides is 1. The molecule has 6 rings (SSSR count). The van der Waals surface area contributed by atoms with Gasteiger partial charge in [0.15, 0.2) is 11.6 Å². The Kier molecular flexibility index (Phi) is 7.34. The van der Waals surface area contributed by atoms with Crippen molar-refractivity contribution in [1.29, 1.82) is 0 Å². The Morgan fingerprint density at radius 3 is 2.57 bits per heavy atom. The second kappa shape index (κ2) is 11.2. The van der Waals surface area contributed by atoms with Gasteiger partial charge in [-0.15, -0.1) is 0 Å². The van der Waals surface area contributed by atoms with E-state index in [2.05, 4.69) is 45.2 Å². The summed E-state index contributed by atoms with van der Waals surface area (Å²) in [6, 6.07) is 7.37. The summed E-state index contributed by atoms with van der Waals surface area (Å²) >= 11 is 0. The molecule has 0 spiro atoms. The molecule has 0 atom stereocenters. The maximum atomic E-state index is 16.1. The van der Waals surface area contributed by atoms with Gasteiger partial charge in [0.25, 0.3) is 0 Å². The molecule has 0 saturated carbocycles. The number of rotatable bonds is 8. The lowest BCUT2D eigenvalue weighted by molar-refractivity contribution is -0.118. The van der Waals surface area contributed by atoms with Crippen molar-refractivity contribution in [2.45, 2.75) is 20.4 Å². The van der Waals surface area contributed by atoms with E-state index in [1.165, 1.54) is 36.9 Å². The standard InChI is InChI=1S/C29H25F2N9O3S/c1-14(2)29(41)36-19-9-17(11-32-12-19)24-23(31)22-21(13-34-24)39-40-27(22)28-37-20-4-5-33-25(26(20)38-28)16-6-15(7-18(30)8-16)10-35-44(3,42)43/h4-9,11-14,35H,10H2,1-3H3,(H,36,41)(H,37,38)(H,39,40). The molecule has 0 radical (unpaired) electrons. The summed E-state index contributed by atoms with van der Waals surface area (Å²) in [7, 11) is -3.49. The van der Waals surface area contributed by atoms with Gasteiger partial charge in [-0.3, -0.25) is 24.8 Å². The second-order valence-corrected chi connectivity index (χ2v) is 12.3. The monoisotopic (exact) mass is 617 g/mol. The molecule has 0 aliphatic carbocycles. The topological polar surface area (TPSA) is 171 Å². The highest BCUT2D eigenvalue weighted by atomic mass is 32.2. The van der Waals surface area contributed by atoms with E-state index in [0.29, 0.717) is 44.6 Å². The maximum Gasteiger partial charge on any atom is 0.226 e. The van der Waals surface area contributed by atoms with E-state index >= 15 is 4.39 Å². The summed E-state index contributed by atoms with van der Waals surface area (Å²) in [4.78, 5) is 32.7. The van der Waals surface area contributed by atoms with Gasteiger partial charge in [0, 0.05) is 36.0 Å². The van der Waals surface area contributed by atoms with Crippen molar-refractivity contribution in [3.63, 3.8) is 0 Å². The molecule has 15 heteroatoms. The number of carbonyl (C=O) groups excluding carboxylic acids is 1. The predicted molar refractivity (Wildman–Crippen MR) is 161 cm³/mol. The van der Waals surface area contributed by atoms with E-state index in [-0.39, 0.29) is 41.0 Å². The van der Waals surface area contributed by atoms with Gasteiger partial charge >= 0.3 is 0 Å². The molecule has 6 aromatic rings. The number of sulfonamides is 1. The zero-order chi connectivity index (χ0) is 31.2. The molecule has 4 N–H and O–H groups in total. The molecule has 0 unspecified atom stereocenters. The maximum absolute atomic E-state index is 16.1. The SMILES string of the molecule is CC(C)C(=O)Nc1cncc(-c2ncc3[nH]nc(-c4nc5c(-c6cc(F)cc(CNS(C)(=O)=O)c6)nccc5[nH]4)c3c2F)c1.